The fraction of sp³-hybridized carbons (Fsp3) is 0.458. The number of rotatable bonds is 10. The van der Waals surface area contributed by atoms with Crippen molar-refractivity contribution in [2.24, 2.45) is 5.92 Å². The second kappa shape index (κ2) is 12.9. The third kappa shape index (κ3) is 8.38. The monoisotopic (exact) mass is 578 g/mol. The number of carbonyl (C=O) groups excluding carboxylic acids is 3. The zero-order valence-corrected chi connectivity index (χ0v) is 22.2. The minimum atomic E-state index is -4.63. The standard InChI is InChI=1S/C24H27ClF4N4O4S/c1-14(2)11-32(13-24(27,28)29)18(10-30-23(36)19-5-6-20(25)38-19)22(35)31-17-4-3-15(9-16(17)26)33-7-8-37-12-21(33)34/h3-6,9,14,18H,7-8,10-13H2,1-2H3,(H,30,36)(H,31,35)/t18-/m0/s1. The van der Waals surface area contributed by atoms with E-state index in [4.69, 9.17) is 16.3 Å². The van der Waals surface area contributed by atoms with Gasteiger partial charge < -0.3 is 20.3 Å². The van der Waals surface area contributed by atoms with E-state index in [9.17, 15) is 31.9 Å². The van der Waals surface area contributed by atoms with E-state index in [1.807, 2.05) is 0 Å². The van der Waals surface area contributed by atoms with Crippen LogP contribution in [-0.2, 0) is 14.3 Å². The number of hydrogen-bond acceptors (Lipinski definition) is 6. The minimum Gasteiger partial charge on any atom is -0.370 e. The molecule has 0 radical (unpaired) electrons. The molecule has 1 atom stereocenters. The highest BCUT2D eigenvalue weighted by Gasteiger charge is 2.37. The van der Waals surface area contributed by atoms with Crippen LogP contribution in [0.1, 0.15) is 23.5 Å². The molecule has 1 aromatic carbocycles. The summed E-state index contributed by atoms with van der Waals surface area (Å²) in [6, 6.07) is 5.17. The van der Waals surface area contributed by atoms with Gasteiger partial charge in [0.2, 0.25) is 5.91 Å². The maximum Gasteiger partial charge on any atom is 0.401 e. The molecule has 0 unspecified atom stereocenters. The molecule has 2 aromatic rings. The lowest BCUT2D eigenvalue weighted by Crippen LogP contribution is -2.54. The van der Waals surface area contributed by atoms with Crippen LogP contribution in [-0.4, -0.2) is 74.2 Å². The molecule has 1 saturated heterocycles. The van der Waals surface area contributed by atoms with E-state index in [2.05, 4.69) is 10.6 Å². The van der Waals surface area contributed by atoms with Gasteiger partial charge in [-0.1, -0.05) is 25.4 Å². The van der Waals surface area contributed by atoms with Crippen LogP contribution in [0.5, 0.6) is 0 Å². The molecule has 0 bridgehead atoms. The van der Waals surface area contributed by atoms with Crippen molar-refractivity contribution in [3.63, 3.8) is 0 Å². The number of alkyl halides is 3. The third-order valence-corrected chi connectivity index (χ3v) is 6.72. The van der Waals surface area contributed by atoms with Crippen LogP contribution in [0.25, 0.3) is 0 Å². The molecule has 208 valence electrons. The zero-order chi connectivity index (χ0) is 28.0. The Morgan fingerprint density at radius 3 is 2.55 bits per heavy atom. The van der Waals surface area contributed by atoms with Gasteiger partial charge in [-0.05, 0) is 36.2 Å². The first-order chi connectivity index (χ1) is 17.8. The highest BCUT2D eigenvalue weighted by molar-refractivity contribution is 7.18. The lowest BCUT2D eigenvalue weighted by molar-refractivity contribution is -0.154. The summed E-state index contributed by atoms with van der Waals surface area (Å²) >= 11 is 6.83. The molecule has 0 saturated carbocycles. The van der Waals surface area contributed by atoms with Crippen LogP contribution < -0.4 is 15.5 Å². The Kier molecular flexibility index (Phi) is 10.1. The molecule has 0 spiro atoms. The molecule has 38 heavy (non-hydrogen) atoms. The number of nitrogens with zero attached hydrogens (tertiary/aromatic N) is 2. The molecule has 0 aliphatic carbocycles. The molecule has 1 aliphatic rings. The second-order valence-electron chi connectivity index (χ2n) is 9.02. The summed E-state index contributed by atoms with van der Waals surface area (Å²) in [7, 11) is 0. The second-order valence-corrected chi connectivity index (χ2v) is 10.7. The van der Waals surface area contributed by atoms with Gasteiger partial charge in [-0.15, -0.1) is 11.3 Å². The van der Waals surface area contributed by atoms with Crippen LogP contribution in [0, 0.1) is 11.7 Å². The molecular weight excluding hydrogens is 552 g/mol. The first-order valence-electron chi connectivity index (χ1n) is 11.7. The van der Waals surface area contributed by atoms with Gasteiger partial charge in [-0.3, -0.25) is 19.3 Å². The van der Waals surface area contributed by atoms with E-state index in [0.717, 1.165) is 22.3 Å². The fourth-order valence-electron chi connectivity index (χ4n) is 3.88. The summed E-state index contributed by atoms with van der Waals surface area (Å²) in [5.41, 5.74) is -0.0249. The predicted molar refractivity (Wildman–Crippen MR) is 136 cm³/mol. The van der Waals surface area contributed by atoms with Gasteiger partial charge in [0.1, 0.15) is 18.5 Å². The van der Waals surface area contributed by atoms with E-state index in [1.54, 1.807) is 13.8 Å². The van der Waals surface area contributed by atoms with E-state index >= 15 is 0 Å². The number of ether oxygens (including phenoxy) is 1. The Morgan fingerprint density at radius 1 is 1.24 bits per heavy atom. The number of benzene rings is 1. The maximum atomic E-state index is 14.9. The average Bonchev–Trinajstić information content (AvgIpc) is 3.25. The minimum absolute atomic E-state index is 0.112. The highest BCUT2D eigenvalue weighted by atomic mass is 35.5. The van der Waals surface area contributed by atoms with Crippen molar-refractivity contribution in [2.45, 2.75) is 26.1 Å². The summed E-state index contributed by atoms with van der Waals surface area (Å²) in [5, 5.41) is 4.82. The lowest BCUT2D eigenvalue weighted by Gasteiger charge is -2.33. The van der Waals surface area contributed by atoms with Crippen molar-refractivity contribution in [1.82, 2.24) is 10.2 Å². The number of morpholine rings is 1. The molecule has 1 aromatic heterocycles. The molecular formula is C24H27ClF4N4O4S. The lowest BCUT2D eigenvalue weighted by atomic mass is 10.1. The van der Waals surface area contributed by atoms with E-state index in [0.29, 0.717) is 4.34 Å². The first-order valence-corrected chi connectivity index (χ1v) is 12.9. The summed E-state index contributed by atoms with van der Waals surface area (Å²) < 4.78 is 60.6. The van der Waals surface area contributed by atoms with Crippen LogP contribution in [0.15, 0.2) is 30.3 Å². The molecule has 3 rings (SSSR count). The largest absolute Gasteiger partial charge is 0.401 e. The van der Waals surface area contributed by atoms with Crippen LogP contribution in [0.2, 0.25) is 4.34 Å². The van der Waals surface area contributed by atoms with Crippen molar-refractivity contribution in [1.29, 1.82) is 0 Å². The predicted octanol–water partition coefficient (Wildman–Crippen LogP) is 4.16. The Hall–Kier alpha value is -2.74. The smallest absolute Gasteiger partial charge is 0.370 e. The van der Waals surface area contributed by atoms with Crippen molar-refractivity contribution in [3.05, 3.63) is 45.4 Å². The average molecular weight is 579 g/mol. The molecule has 8 nitrogen and oxygen atoms in total. The summed E-state index contributed by atoms with van der Waals surface area (Å²) in [4.78, 5) is 40.2. The Morgan fingerprint density at radius 2 is 1.97 bits per heavy atom. The first kappa shape index (κ1) is 29.8. The highest BCUT2D eigenvalue weighted by Crippen LogP contribution is 2.25. The quantitative estimate of drug-likeness (QED) is 0.413. The van der Waals surface area contributed by atoms with Crippen molar-refractivity contribution < 1.29 is 36.7 Å². The molecule has 2 N–H and O–H groups in total. The Bertz CT molecular complexity index is 1160. The summed E-state index contributed by atoms with van der Waals surface area (Å²) in [5.74, 6) is -3.03. The van der Waals surface area contributed by atoms with Gasteiger partial charge in [0, 0.05) is 25.3 Å². The molecule has 3 amide bonds. The van der Waals surface area contributed by atoms with Gasteiger partial charge in [-0.25, -0.2) is 4.39 Å². The van der Waals surface area contributed by atoms with E-state index < -0.39 is 42.9 Å². The van der Waals surface area contributed by atoms with Gasteiger partial charge in [0.25, 0.3) is 11.8 Å². The molecule has 1 fully saturated rings. The summed E-state index contributed by atoms with van der Waals surface area (Å²) in [6.07, 6.45) is -4.63. The zero-order valence-electron chi connectivity index (χ0n) is 20.6. The number of halogens is 5. The number of carbonyl (C=O) groups is 3. The molecule has 1 aliphatic heterocycles. The van der Waals surface area contributed by atoms with Crippen molar-refractivity contribution in [3.8, 4) is 0 Å². The SMILES string of the molecule is CC(C)CN(CC(F)(F)F)[C@@H](CNC(=O)c1ccc(Cl)s1)C(=O)Nc1ccc(N2CCOCC2=O)cc1F. The third-order valence-electron chi connectivity index (χ3n) is 5.49. The van der Waals surface area contributed by atoms with Crippen LogP contribution in [0.4, 0.5) is 28.9 Å². The van der Waals surface area contributed by atoms with Crippen molar-refractivity contribution >= 4 is 52.0 Å². The Labute approximate surface area is 225 Å². The molecule has 2 heterocycles. The van der Waals surface area contributed by atoms with Gasteiger partial charge >= 0.3 is 6.18 Å². The number of amides is 3. The van der Waals surface area contributed by atoms with Gasteiger partial charge in [-0.2, -0.15) is 13.2 Å². The normalized spacial score (nSPS) is 15.2. The number of anilines is 2. The maximum absolute atomic E-state index is 14.9. The van der Waals surface area contributed by atoms with E-state index in [1.165, 1.54) is 29.2 Å². The fourth-order valence-corrected chi connectivity index (χ4v) is 4.84. The van der Waals surface area contributed by atoms with Crippen molar-refractivity contribution in [2.75, 3.05) is 49.6 Å². The topological polar surface area (TPSA) is 91.0 Å². The van der Waals surface area contributed by atoms with Crippen LogP contribution in [0.3, 0.4) is 0 Å². The Balaban J connectivity index is 1.82. The number of hydrogen-bond donors (Lipinski definition) is 2. The number of thiophene rings is 1. The van der Waals surface area contributed by atoms with Gasteiger partial charge in [0.15, 0.2) is 0 Å². The van der Waals surface area contributed by atoms with Gasteiger partial charge in [0.05, 0.1) is 28.1 Å². The molecule has 14 heteroatoms. The number of nitrogens with one attached hydrogen (secondary N) is 2. The van der Waals surface area contributed by atoms with Crippen LogP contribution >= 0.6 is 22.9 Å². The summed E-state index contributed by atoms with van der Waals surface area (Å²) in [6.45, 7) is 1.75. The van der Waals surface area contributed by atoms with E-state index in [-0.39, 0.29) is 54.4 Å².